The Labute approximate surface area is 177 Å². The number of benzene rings is 2. The van der Waals surface area contributed by atoms with Crippen LogP contribution >= 0.6 is 0 Å². The first-order valence-electron chi connectivity index (χ1n) is 9.99. The standard InChI is InChI=1S/C22H28FN3O3S/c1-22(2,3)25-30(28,29)18-10-8-17(9-11-18)24-21(27)16-12-14-26(15-13-16)20-7-5-4-6-19(20)23/h4-11,16,25H,12-15H2,1-3H3,(H,24,27). The van der Waals surface area contributed by atoms with Crippen molar-refractivity contribution in [2.45, 2.75) is 44.0 Å². The van der Waals surface area contributed by atoms with Crippen LogP contribution in [0.2, 0.25) is 0 Å². The smallest absolute Gasteiger partial charge is 0.241 e. The lowest BCUT2D eigenvalue weighted by atomic mass is 9.95. The Morgan fingerprint density at radius 3 is 2.20 bits per heavy atom. The van der Waals surface area contributed by atoms with E-state index in [4.69, 9.17) is 0 Å². The molecule has 6 nitrogen and oxygen atoms in total. The predicted molar refractivity (Wildman–Crippen MR) is 116 cm³/mol. The molecule has 2 aromatic carbocycles. The second kappa shape index (κ2) is 8.73. The molecule has 1 aliphatic rings. The van der Waals surface area contributed by atoms with Gasteiger partial charge in [0.1, 0.15) is 5.82 Å². The van der Waals surface area contributed by atoms with Gasteiger partial charge in [-0.1, -0.05) is 12.1 Å². The molecule has 2 aromatic rings. The summed E-state index contributed by atoms with van der Waals surface area (Å²) in [6.45, 7) is 6.53. The van der Waals surface area contributed by atoms with Crippen molar-refractivity contribution < 1.29 is 17.6 Å². The molecule has 1 aliphatic heterocycles. The predicted octanol–water partition coefficient (Wildman–Crippen LogP) is 3.76. The second-order valence-corrected chi connectivity index (χ2v) is 10.3. The minimum absolute atomic E-state index is 0.105. The Morgan fingerprint density at radius 1 is 1.03 bits per heavy atom. The molecule has 162 valence electrons. The summed E-state index contributed by atoms with van der Waals surface area (Å²) >= 11 is 0. The molecule has 0 spiro atoms. The van der Waals surface area contributed by atoms with Crippen LogP contribution in [0.4, 0.5) is 15.8 Å². The number of hydrogen-bond acceptors (Lipinski definition) is 4. The molecule has 1 fully saturated rings. The summed E-state index contributed by atoms with van der Waals surface area (Å²) in [4.78, 5) is 14.7. The van der Waals surface area contributed by atoms with Crippen LogP contribution in [0.1, 0.15) is 33.6 Å². The van der Waals surface area contributed by atoms with Crippen LogP contribution in [-0.4, -0.2) is 33.0 Å². The molecule has 3 rings (SSSR count). The van der Waals surface area contributed by atoms with Gasteiger partial charge in [0.2, 0.25) is 15.9 Å². The number of hydrogen-bond donors (Lipinski definition) is 2. The van der Waals surface area contributed by atoms with Crippen molar-refractivity contribution in [3.05, 3.63) is 54.3 Å². The molecule has 1 amide bonds. The molecule has 0 bridgehead atoms. The molecule has 0 saturated carbocycles. The van der Waals surface area contributed by atoms with Crippen molar-refractivity contribution in [3.8, 4) is 0 Å². The van der Waals surface area contributed by atoms with E-state index in [0.29, 0.717) is 37.3 Å². The van der Waals surface area contributed by atoms with Gasteiger partial charge in [-0.05, 0) is 70.0 Å². The molecule has 30 heavy (non-hydrogen) atoms. The number of rotatable bonds is 5. The van der Waals surface area contributed by atoms with E-state index in [0.717, 1.165) is 0 Å². The number of carbonyl (C=O) groups excluding carboxylic acids is 1. The Bertz CT molecular complexity index is 993. The Morgan fingerprint density at radius 2 is 1.63 bits per heavy atom. The summed E-state index contributed by atoms with van der Waals surface area (Å²) in [7, 11) is -3.62. The van der Waals surface area contributed by atoms with Gasteiger partial charge in [-0.15, -0.1) is 0 Å². The van der Waals surface area contributed by atoms with Gasteiger partial charge < -0.3 is 10.2 Å². The lowest BCUT2D eigenvalue weighted by molar-refractivity contribution is -0.120. The topological polar surface area (TPSA) is 78.5 Å². The Hall–Kier alpha value is -2.45. The van der Waals surface area contributed by atoms with Crippen LogP contribution in [0, 0.1) is 11.7 Å². The molecule has 0 unspecified atom stereocenters. The molecular weight excluding hydrogens is 405 g/mol. The van der Waals surface area contributed by atoms with Crippen molar-refractivity contribution in [2.24, 2.45) is 5.92 Å². The number of nitrogens with one attached hydrogen (secondary N) is 2. The van der Waals surface area contributed by atoms with Crippen molar-refractivity contribution in [1.29, 1.82) is 0 Å². The van der Waals surface area contributed by atoms with E-state index >= 15 is 0 Å². The van der Waals surface area contributed by atoms with E-state index in [9.17, 15) is 17.6 Å². The molecule has 2 N–H and O–H groups in total. The van der Waals surface area contributed by atoms with E-state index in [2.05, 4.69) is 10.0 Å². The van der Waals surface area contributed by atoms with Crippen molar-refractivity contribution >= 4 is 27.3 Å². The van der Waals surface area contributed by atoms with Crippen molar-refractivity contribution in [3.63, 3.8) is 0 Å². The van der Waals surface area contributed by atoms with Crippen LogP contribution in [-0.2, 0) is 14.8 Å². The Kier molecular flexibility index (Phi) is 6.47. The summed E-state index contributed by atoms with van der Waals surface area (Å²) in [6.07, 6.45) is 1.25. The fourth-order valence-electron chi connectivity index (χ4n) is 3.51. The van der Waals surface area contributed by atoms with Gasteiger partial charge in [0.05, 0.1) is 10.6 Å². The van der Waals surface area contributed by atoms with Crippen LogP contribution in [0.15, 0.2) is 53.4 Å². The number of piperidine rings is 1. The van der Waals surface area contributed by atoms with Gasteiger partial charge in [0.15, 0.2) is 0 Å². The third-order valence-corrected chi connectivity index (χ3v) is 6.71. The van der Waals surface area contributed by atoms with E-state index < -0.39 is 15.6 Å². The van der Waals surface area contributed by atoms with Gasteiger partial charge in [0.25, 0.3) is 0 Å². The third kappa shape index (κ3) is 5.58. The maximum Gasteiger partial charge on any atom is 0.241 e. The minimum atomic E-state index is -3.62. The maximum absolute atomic E-state index is 14.0. The molecule has 0 atom stereocenters. The molecule has 1 heterocycles. The van der Waals surface area contributed by atoms with E-state index in [1.807, 2.05) is 4.90 Å². The first kappa shape index (κ1) is 22.2. The normalized spacial score (nSPS) is 15.8. The van der Waals surface area contributed by atoms with Gasteiger partial charge in [-0.2, -0.15) is 0 Å². The zero-order chi connectivity index (χ0) is 21.9. The lowest BCUT2D eigenvalue weighted by Gasteiger charge is -2.33. The summed E-state index contributed by atoms with van der Waals surface area (Å²) in [6, 6.07) is 12.8. The SMILES string of the molecule is CC(C)(C)NS(=O)(=O)c1ccc(NC(=O)C2CCN(c3ccccc3F)CC2)cc1. The number of amides is 1. The summed E-state index contributed by atoms with van der Waals surface area (Å²) in [5, 5.41) is 2.86. The molecule has 0 aromatic heterocycles. The average Bonchev–Trinajstić information content (AvgIpc) is 2.67. The van der Waals surface area contributed by atoms with Crippen LogP contribution in [0.3, 0.4) is 0 Å². The number of carbonyl (C=O) groups is 1. The van der Waals surface area contributed by atoms with Crippen LogP contribution < -0.4 is 14.9 Å². The fraction of sp³-hybridized carbons (Fsp3) is 0.409. The fourth-order valence-corrected chi connectivity index (χ4v) is 4.93. The molecule has 0 radical (unpaired) electrons. The number of para-hydroxylation sites is 1. The van der Waals surface area contributed by atoms with Gasteiger partial charge in [-0.3, -0.25) is 4.79 Å². The van der Waals surface area contributed by atoms with Crippen LogP contribution in [0.5, 0.6) is 0 Å². The Balaban J connectivity index is 1.57. The van der Waals surface area contributed by atoms with E-state index in [1.165, 1.54) is 18.2 Å². The lowest BCUT2D eigenvalue weighted by Crippen LogP contribution is -2.40. The average molecular weight is 434 g/mol. The summed E-state index contributed by atoms with van der Waals surface area (Å²) in [5.41, 5.74) is 0.534. The third-order valence-electron chi connectivity index (χ3n) is 4.93. The zero-order valence-corrected chi connectivity index (χ0v) is 18.3. The molecule has 1 saturated heterocycles. The zero-order valence-electron chi connectivity index (χ0n) is 17.5. The number of sulfonamides is 1. The van der Waals surface area contributed by atoms with E-state index in [-0.39, 0.29) is 22.5 Å². The summed E-state index contributed by atoms with van der Waals surface area (Å²) < 4.78 is 41.3. The summed E-state index contributed by atoms with van der Waals surface area (Å²) in [5.74, 6) is -0.526. The maximum atomic E-state index is 14.0. The number of nitrogens with zero attached hydrogens (tertiary/aromatic N) is 1. The minimum Gasteiger partial charge on any atom is -0.369 e. The molecule has 8 heteroatoms. The molecule has 0 aliphatic carbocycles. The highest BCUT2D eigenvalue weighted by Gasteiger charge is 2.26. The van der Waals surface area contributed by atoms with Crippen molar-refractivity contribution in [2.75, 3.05) is 23.3 Å². The van der Waals surface area contributed by atoms with E-state index in [1.54, 1.807) is 51.1 Å². The van der Waals surface area contributed by atoms with Crippen LogP contribution in [0.25, 0.3) is 0 Å². The highest BCUT2D eigenvalue weighted by atomic mass is 32.2. The number of anilines is 2. The number of halogens is 1. The highest BCUT2D eigenvalue weighted by Crippen LogP contribution is 2.26. The highest BCUT2D eigenvalue weighted by molar-refractivity contribution is 7.89. The van der Waals surface area contributed by atoms with Crippen molar-refractivity contribution in [1.82, 2.24) is 4.72 Å². The quantitative estimate of drug-likeness (QED) is 0.753. The second-order valence-electron chi connectivity index (χ2n) is 8.58. The van der Waals surface area contributed by atoms with Gasteiger partial charge in [-0.25, -0.2) is 17.5 Å². The monoisotopic (exact) mass is 433 g/mol. The first-order valence-corrected chi connectivity index (χ1v) is 11.5. The molecular formula is C22H28FN3O3S. The van der Waals surface area contributed by atoms with Gasteiger partial charge in [0, 0.05) is 30.2 Å². The largest absolute Gasteiger partial charge is 0.369 e. The van der Waals surface area contributed by atoms with Gasteiger partial charge >= 0.3 is 0 Å². The first-order chi connectivity index (χ1) is 14.0.